The van der Waals surface area contributed by atoms with Crippen LogP contribution in [0.2, 0.25) is 5.02 Å². The number of nitrogens with one attached hydrogen (secondary N) is 1. The molecule has 9 nitrogen and oxygen atoms in total. The van der Waals surface area contributed by atoms with Crippen molar-refractivity contribution in [2.45, 2.75) is 6.92 Å². The van der Waals surface area contributed by atoms with E-state index < -0.39 is 18.5 Å². The van der Waals surface area contributed by atoms with E-state index in [4.69, 9.17) is 25.8 Å². The van der Waals surface area contributed by atoms with E-state index in [1.807, 2.05) is 0 Å². The van der Waals surface area contributed by atoms with E-state index in [1.165, 1.54) is 30.9 Å². The van der Waals surface area contributed by atoms with Crippen molar-refractivity contribution in [3.05, 3.63) is 46.9 Å². The van der Waals surface area contributed by atoms with Gasteiger partial charge in [-0.25, -0.2) is 14.3 Å². The molecule has 2 heterocycles. The number of anilines is 1. The van der Waals surface area contributed by atoms with Gasteiger partial charge in [-0.1, -0.05) is 11.6 Å². The third-order valence-electron chi connectivity index (χ3n) is 3.86. The largest absolute Gasteiger partial charge is 0.495 e. The number of aryl methyl sites for hydroxylation is 1. The van der Waals surface area contributed by atoms with Crippen LogP contribution in [-0.2, 0) is 9.53 Å². The van der Waals surface area contributed by atoms with E-state index in [1.54, 1.807) is 25.4 Å². The van der Waals surface area contributed by atoms with Gasteiger partial charge in [-0.15, -0.1) is 0 Å². The summed E-state index contributed by atoms with van der Waals surface area (Å²) in [6.07, 6.45) is 3.21. The van der Waals surface area contributed by atoms with Gasteiger partial charge in [-0.3, -0.25) is 4.79 Å². The lowest BCUT2D eigenvalue weighted by Gasteiger charge is -2.13. The predicted octanol–water partition coefficient (Wildman–Crippen LogP) is 2.50. The van der Waals surface area contributed by atoms with Crippen LogP contribution in [-0.4, -0.2) is 47.3 Å². The van der Waals surface area contributed by atoms with Gasteiger partial charge >= 0.3 is 5.97 Å². The number of hydrogen-bond acceptors (Lipinski definition) is 7. The van der Waals surface area contributed by atoms with Gasteiger partial charge in [0.2, 0.25) is 0 Å². The molecule has 0 radical (unpaired) electrons. The van der Waals surface area contributed by atoms with Crippen molar-refractivity contribution < 1.29 is 23.8 Å². The van der Waals surface area contributed by atoms with Crippen LogP contribution in [0.3, 0.4) is 0 Å². The number of hydrogen-bond donors (Lipinski definition) is 1. The van der Waals surface area contributed by atoms with Crippen molar-refractivity contribution in [2.75, 3.05) is 26.1 Å². The van der Waals surface area contributed by atoms with Crippen molar-refractivity contribution in [3.63, 3.8) is 0 Å². The summed E-state index contributed by atoms with van der Waals surface area (Å²) >= 11 is 6.04. The second-order valence-electron chi connectivity index (χ2n) is 5.66. The molecule has 1 amide bonds. The lowest BCUT2D eigenvalue weighted by molar-refractivity contribution is -0.119. The minimum atomic E-state index is -0.693. The number of rotatable bonds is 6. The zero-order valence-corrected chi connectivity index (χ0v) is 16.1. The summed E-state index contributed by atoms with van der Waals surface area (Å²) in [5.41, 5.74) is 1.35. The topological polar surface area (TPSA) is 104 Å². The number of esters is 1. The maximum atomic E-state index is 12.4. The van der Waals surface area contributed by atoms with Crippen LogP contribution >= 0.6 is 11.6 Å². The Hall–Kier alpha value is -3.33. The fourth-order valence-electron chi connectivity index (χ4n) is 2.58. The smallest absolute Gasteiger partial charge is 0.344 e. The number of nitrogens with zero attached hydrogens (tertiary/aromatic N) is 3. The summed E-state index contributed by atoms with van der Waals surface area (Å²) < 4.78 is 16.9. The predicted molar refractivity (Wildman–Crippen MR) is 101 cm³/mol. The van der Waals surface area contributed by atoms with Gasteiger partial charge in [-0.2, -0.15) is 5.10 Å². The van der Waals surface area contributed by atoms with Gasteiger partial charge in [-0.05, 0) is 13.0 Å². The van der Waals surface area contributed by atoms with Gasteiger partial charge in [0, 0.05) is 24.5 Å². The van der Waals surface area contributed by atoms with Crippen molar-refractivity contribution in [3.8, 4) is 11.5 Å². The molecule has 28 heavy (non-hydrogen) atoms. The monoisotopic (exact) mass is 404 g/mol. The number of ether oxygens (including phenoxy) is 3. The van der Waals surface area contributed by atoms with Crippen LogP contribution in [0.5, 0.6) is 11.5 Å². The maximum Gasteiger partial charge on any atom is 0.344 e. The fraction of sp³-hybridized carbons (Fsp3) is 0.222. The Balaban J connectivity index is 1.71. The minimum Gasteiger partial charge on any atom is -0.495 e. The molecule has 10 heteroatoms. The Morgan fingerprint density at radius 1 is 1.21 bits per heavy atom. The molecule has 1 aromatic carbocycles. The zero-order chi connectivity index (χ0) is 20.3. The zero-order valence-electron chi connectivity index (χ0n) is 15.4. The first-order valence-corrected chi connectivity index (χ1v) is 8.50. The molecule has 0 spiro atoms. The third-order valence-corrected chi connectivity index (χ3v) is 4.15. The minimum absolute atomic E-state index is 0.208. The molecule has 0 saturated carbocycles. The molecular formula is C18H17ClN4O5. The van der Waals surface area contributed by atoms with Gasteiger partial charge < -0.3 is 19.5 Å². The van der Waals surface area contributed by atoms with Crippen LogP contribution in [0.25, 0.3) is 5.65 Å². The number of halogens is 1. The highest BCUT2D eigenvalue weighted by Crippen LogP contribution is 2.35. The molecule has 3 rings (SSSR count). The number of carbonyl (C=O) groups excluding carboxylic acids is 2. The highest BCUT2D eigenvalue weighted by atomic mass is 35.5. The second-order valence-corrected chi connectivity index (χ2v) is 6.07. The number of aromatic nitrogens is 3. The summed E-state index contributed by atoms with van der Waals surface area (Å²) in [7, 11) is 2.89. The van der Waals surface area contributed by atoms with Gasteiger partial charge in [0.25, 0.3) is 5.91 Å². The number of methoxy groups -OCH3 is 2. The Morgan fingerprint density at radius 2 is 1.96 bits per heavy atom. The van der Waals surface area contributed by atoms with Crippen LogP contribution in [0.4, 0.5) is 5.69 Å². The second kappa shape index (κ2) is 8.13. The van der Waals surface area contributed by atoms with Crippen LogP contribution in [0.15, 0.2) is 30.6 Å². The van der Waals surface area contributed by atoms with Crippen molar-refractivity contribution in [1.82, 2.24) is 14.6 Å². The average Bonchev–Trinajstić information content (AvgIpc) is 3.02. The summed E-state index contributed by atoms with van der Waals surface area (Å²) in [5, 5.41) is 7.12. The van der Waals surface area contributed by atoms with Crippen LogP contribution in [0.1, 0.15) is 16.1 Å². The normalized spacial score (nSPS) is 10.6. The van der Waals surface area contributed by atoms with Crippen LogP contribution < -0.4 is 14.8 Å². The molecule has 0 unspecified atom stereocenters. The Bertz CT molecular complexity index is 1050. The Morgan fingerprint density at radius 3 is 2.68 bits per heavy atom. The van der Waals surface area contributed by atoms with E-state index >= 15 is 0 Å². The van der Waals surface area contributed by atoms with E-state index in [0.717, 1.165) is 0 Å². The molecule has 0 atom stereocenters. The highest BCUT2D eigenvalue weighted by molar-refractivity contribution is 6.32. The Kier molecular flexibility index (Phi) is 5.65. The molecular weight excluding hydrogens is 388 g/mol. The molecule has 3 aromatic rings. The van der Waals surface area contributed by atoms with Crippen LogP contribution in [0, 0.1) is 6.92 Å². The lowest BCUT2D eigenvalue weighted by atomic mass is 10.2. The van der Waals surface area contributed by atoms with E-state index in [-0.39, 0.29) is 5.56 Å². The summed E-state index contributed by atoms with van der Waals surface area (Å²) in [6.45, 7) is 1.16. The highest BCUT2D eigenvalue weighted by Gasteiger charge is 2.21. The van der Waals surface area contributed by atoms with E-state index in [9.17, 15) is 9.59 Å². The van der Waals surface area contributed by atoms with Crippen molar-refractivity contribution >= 4 is 34.8 Å². The molecule has 1 N–H and O–H groups in total. The molecule has 0 aliphatic rings. The molecule has 146 valence electrons. The molecule has 0 saturated heterocycles. The first-order chi connectivity index (χ1) is 13.4. The van der Waals surface area contributed by atoms with Gasteiger partial charge in [0.15, 0.2) is 12.3 Å². The first-order valence-electron chi connectivity index (χ1n) is 8.13. The quantitative estimate of drug-likeness (QED) is 0.629. The Labute approximate surface area is 165 Å². The summed E-state index contributed by atoms with van der Waals surface area (Å²) in [5.74, 6) is -0.545. The number of amides is 1. The number of benzene rings is 1. The van der Waals surface area contributed by atoms with Gasteiger partial charge in [0.1, 0.15) is 17.1 Å². The molecule has 0 aliphatic carbocycles. The standard InChI is InChI=1S/C18H17ClN4O5/c1-10-16(17-20-5-4-6-23(17)22-10)18(25)28-9-15(24)21-12-8-13(26-2)11(19)7-14(12)27-3/h4-8H,9H2,1-3H3,(H,21,24). The first kappa shape index (κ1) is 19.4. The third kappa shape index (κ3) is 3.84. The van der Waals surface area contributed by atoms with Crippen molar-refractivity contribution in [1.29, 1.82) is 0 Å². The maximum absolute atomic E-state index is 12.4. The lowest BCUT2D eigenvalue weighted by Crippen LogP contribution is -2.21. The molecule has 0 fully saturated rings. The summed E-state index contributed by atoms with van der Waals surface area (Å²) in [6, 6.07) is 4.71. The van der Waals surface area contributed by atoms with E-state index in [0.29, 0.717) is 33.6 Å². The van der Waals surface area contributed by atoms with Gasteiger partial charge in [0.05, 0.1) is 30.6 Å². The molecule has 0 bridgehead atoms. The molecule has 0 aliphatic heterocycles. The number of fused-ring (bicyclic) bond motifs is 1. The van der Waals surface area contributed by atoms with Crippen molar-refractivity contribution in [2.24, 2.45) is 0 Å². The SMILES string of the molecule is COc1cc(NC(=O)COC(=O)c2c(C)nn3cccnc23)c(OC)cc1Cl. The molecule has 2 aromatic heterocycles. The number of carbonyl (C=O) groups is 2. The van der Waals surface area contributed by atoms with E-state index in [2.05, 4.69) is 15.4 Å². The average molecular weight is 405 g/mol. The summed E-state index contributed by atoms with van der Waals surface area (Å²) in [4.78, 5) is 28.8. The fourth-order valence-corrected chi connectivity index (χ4v) is 2.81.